The number of hydrogen-bond acceptors (Lipinski definition) is 3. The predicted molar refractivity (Wildman–Crippen MR) is 86.9 cm³/mol. The Kier molecular flexibility index (Phi) is 5.10. The second-order valence-corrected chi connectivity index (χ2v) is 4.88. The molecule has 0 unspecified atom stereocenters. The lowest BCUT2D eigenvalue weighted by molar-refractivity contribution is 0.0955. The van der Waals surface area contributed by atoms with Crippen LogP contribution in [0.2, 0.25) is 0 Å². The zero-order valence-corrected chi connectivity index (χ0v) is 12.3. The fourth-order valence-electron chi connectivity index (χ4n) is 1.84. The largest absolute Gasteiger partial charge is 0.378 e. The van der Waals surface area contributed by atoms with E-state index < -0.39 is 0 Å². The van der Waals surface area contributed by atoms with Gasteiger partial charge >= 0.3 is 0 Å². The molecule has 0 fully saturated rings. The minimum absolute atomic E-state index is 0.204. The van der Waals surface area contributed by atoms with Crippen molar-refractivity contribution in [2.75, 3.05) is 19.0 Å². The summed E-state index contributed by atoms with van der Waals surface area (Å²) in [6.07, 6.45) is 2.39. The fraction of sp³-hybridized carbons (Fsp3) is 0.176. The van der Waals surface area contributed by atoms with Crippen LogP contribution in [0, 0.1) is 0 Å². The monoisotopic (exact) mass is 281 g/mol. The summed E-state index contributed by atoms with van der Waals surface area (Å²) in [4.78, 5) is 13.9. The van der Waals surface area contributed by atoms with Crippen LogP contribution in [0.1, 0.15) is 15.9 Å². The Labute approximate surface area is 125 Å². The Balaban J connectivity index is 1.86. The van der Waals surface area contributed by atoms with Gasteiger partial charge in [-0.05, 0) is 29.8 Å². The van der Waals surface area contributed by atoms with Gasteiger partial charge in [0, 0.05) is 38.0 Å². The summed E-state index contributed by atoms with van der Waals surface area (Å²) < 4.78 is 0. The third-order valence-corrected chi connectivity index (χ3v) is 3.07. The summed E-state index contributed by atoms with van der Waals surface area (Å²) in [5, 5.41) is 3.97. The van der Waals surface area contributed by atoms with E-state index in [0.29, 0.717) is 12.0 Å². The summed E-state index contributed by atoms with van der Waals surface area (Å²) in [6, 6.07) is 17.4. The van der Waals surface area contributed by atoms with Crippen molar-refractivity contribution >= 4 is 17.8 Å². The van der Waals surface area contributed by atoms with E-state index in [1.807, 2.05) is 61.5 Å². The van der Waals surface area contributed by atoms with Gasteiger partial charge in [-0.25, -0.2) is 5.43 Å². The van der Waals surface area contributed by atoms with E-state index in [1.54, 1.807) is 18.3 Å². The molecule has 2 aromatic carbocycles. The molecule has 2 aromatic rings. The molecule has 0 heterocycles. The smallest absolute Gasteiger partial charge is 0.271 e. The number of rotatable bonds is 5. The van der Waals surface area contributed by atoms with E-state index in [-0.39, 0.29) is 5.91 Å². The zero-order chi connectivity index (χ0) is 15.1. The molecule has 0 atom stereocenters. The standard InChI is InChI=1S/C17H19N3O/c1-20(2)16-10-8-15(9-11-16)17(21)19-18-13-12-14-6-4-3-5-7-14/h3-11,13H,12H2,1-2H3,(H,19,21). The molecule has 2 rings (SSSR count). The highest BCUT2D eigenvalue weighted by Crippen LogP contribution is 2.11. The molecule has 0 aliphatic carbocycles. The number of amides is 1. The third-order valence-electron chi connectivity index (χ3n) is 3.07. The molecule has 108 valence electrons. The zero-order valence-electron chi connectivity index (χ0n) is 12.3. The molecule has 1 N–H and O–H groups in total. The van der Waals surface area contributed by atoms with Crippen molar-refractivity contribution in [3.63, 3.8) is 0 Å². The van der Waals surface area contributed by atoms with Crippen molar-refractivity contribution in [2.24, 2.45) is 5.10 Å². The number of hydrazone groups is 1. The normalized spacial score (nSPS) is 10.6. The van der Waals surface area contributed by atoms with Crippen LogP contribution < -0.4 is 10.3 Å². The van der Waals surface area contributed by atoms with Gasteiger partial charge in [-0.3, -0.25) is 4.79 Å². The van der Waals surface area contributed by atoms with Gasteiger partial charge in [0.1, 0.15) is 0 Å². The van der Waals surface area contributed by atoms with Gasteiger partial charge < -0.3 is 4.90 Å². The summed E-state index contributed by atoms with van der Waals surface area (Å²) >= 11 is 0. The second-order valence-electron chi connectivity index (χ2n) is 4.88. The van der Waals surface area contributed by atoms with Gasteiger partial charge in [0.05, 0.1) is 0 Å². The molecule has 1 amide bonds. The molecule has 0 saturated carbocycles. The maximum atomic E-state index is 11.9. The summed E-state index contributed by atoms with van der Waals surface area (Å²) in [6.45, 7) is 0. The molecule has 21 heavy (non-hydrogen) atoms. The Bertz CT molecular complexity index is 604. The maximum absolute atomic E-state index is 11.9. The van der Waals surface area contributed by atoms with Crippen LogP contribution >= 0.6 is 0 Å². The topological polar surface area (TPSA) is 44.7 Å². The summed E-state index contributed by atoms with van der Waals surface area (Å²) in [5.74, 6) is -0.204. The Morgan fingerprint density at radius 3 is 2.38 bits per heavy atom. The van der Waals surface area contributed by atoms with Crippen molar-refractivity contribution in [2.45, 2.75) is 6.42 Å². The molecule has 4 heteroatoms. The average molecular weight is 281 g/mol. The van der Waals surface area contributed by atoms with Gasteiger partial charge in [0.2, 0.25) is 0 Å². The highest BCUT2D eigenvalue weighted by Gasteiger charge is 2.04. The predicted octanol–water partition coefficient (Wildman–Crippen LogP) is 2.71. The number of nitrogens with zero attached hydrogens (tertiary/aromatic N) is 2. The first-order chi connectivity index (χ1) is 10.2. The first-order valence-electron chi connectivity index (χ1n) is 6.80. The van der Waals surface area contributed by atoms with Crippen LogP contribution in [0.5, 0.6) is 0 Å². The molecule has 0 aliphatic heterocycles. The van der Waals surface area contributed by atoms with Crippen LogP contribution in [-0.4, -0.2) is 26.2 Å². The first-order valence-corrected chi connectivity index (χ1v) is 6.80. The molecule has 0 aliphatic rings. The molecule has 4 nitrogen and oxygen atoms in total. The fourth-order valence-corrected chi connectivity index (χ4v) is 1.84. The van der Waals surface area contributed by atoms with Crippen LogP contribution in [0.3, 0.4) is 0 Å². The van der Waals surface area contributed by atoms with Crippen molar-refractivity contribution in [1.82, 2.24) is 5.43 Å². The average Bonchev–Trinajstić information content (AvgIpc) is 2.52. The minimum atomic E-state index is -0.204. The van der Waals surface area contributed by atoms with E-state index in [1.165, 1.54) is 0 Å². The number of carbonyl (C=O) groups excluding carboxylic acids is 1. The second kappa shape index (κ2) is 7.24. The highest BCUT2D eigenvalue weighted by atomic mass is 16.2. The summed E-state index contributed by atoms with van der Waals surface area (Å²) in [7, 11) is 3.92. The molecule has 0 radical (unpaired) electrons. The van der Waals surface area contributed by atoms with Crippen molar-refractivity contribution < 1.29 is 4.79 Å². The van der Waals surface area contributed by atoms with Crippen LogP contribution in [0.15, 0.2) is 59.7 Å². The van der Waals surface area contributed by atoms with Crippen molar-refractivity contribution in [3.05, 3.63) is 65.7 Å². The lowest BCUT2D eigenvalue weighted by Crippen LogP contribution is -2.18. The number of nitrogens with one attached hydrogen (secondary N) is 1. The van der Waals surface area contributed by atoms with Crippen LogP contribution in [-0.2, 0) is 6.42 Å². The molecule has 0 bridgehead atoms. The van der Waals surface area contributed by atoms with E-state index in [4.69, 9.17) is 0 Å². The Morgan fingerprint density at radius 1 is 1.10 bits per heavy atom. The summed E-state index contributed by atoms with van der Waals surface area (Å²) in [5.41, 5.74) is 5.34. The number of benzene rings is 2. The number of anilines is 1. The molecule has 0 spiro atoms. The van der Waals surface area contributed by atoms with Gasteiger partial charge in [-0.2, -0.15) is 5.10 Å². The van der Waals surface area contributed by atoms with E-state index in [0.717, 1.165) is 11.3 Å². The van der Waals surface area contributed by atoms with E-state index in [2.05, 4.69) is 10.5 Å². The highest BCUT2D eigenvalue weighted by molar-refractivity contribution is 5.94. The molecular weight excluding hydrogens is 262 g/mol. The van der Waals surface area contributed by atoms with E-state index >= 15 is 0 Å². The van der Waals surface area contributed by atoms with E-state index in [9.17, 15) is 4.79 Å². The van der Waals surface area contributed by atoms with Crippen LogP contribution in [0.4, 0.5) is 5.69 Å². The Morgan fingerprint density at radius 2 is 1.76 bits per heavy atom. The Hall–Kier alpha value is -2.62. The number of carbonyl (C=O) groups is 1. The van der Waals surface area contributed by atoms with Crippen molar-refractivity contribution in [3.8, 4) is 0 Å². The van der Waals surface area contributed by atoms with Gasteiger partial charge in [-0.1, -0.05) is 30.3 Å². The molecular formula is C17H19N3O. The van der Waals surface area contributed by atoms with Gasteiger partial charge in [0.25, 0.3) is 5.91 Å². The third kappa shape index (κ3) is 4.45. The van der Waals surface area contributed by atoms with Crippen molar-refractivity contribution in [1.29, 1.82) is 0 Å². The number of hydrogen-bond donors (Lipinski definition) is 1. The SMILES string of the molecule is CN(C)c1ccc(C(=O)NN=CCc2ccccc2)cc1. The minimum Gasteiger partial charge on any atom is -0.378 e. The maximum Gasteiger partial charge on any atom is 0.271 e. The molecule has 0 saturated heterocycles. The van der Waals surface area contributed by atoms with Crippen LogP contribution in [0.25, 0.3) is 0 Å². The first kappa shape index (κ1) is 14.8. The van der Waals surface area contributed by atoms with Gasteiger partial charge in [0.15, 0.2) is 0 Å². The van der Waals surface area contributed by atoms with Gasteiger partial charge in [-0.15, -0.1) is 0 Å². The molecule has 0 aromatic heterocycles. The lowest BCUT2D eigenvalue weighted by atomic mass is 10.2. The quantitative estimate of drug-likeness (QED) is 0.676. The lowest BCUT2D eigenvalue weighted by Gasteiger charge is -2.12.